The lowest BCUT2D eigenvalue weighted by molar-refractivity contribution is -0.0387. The minimum absolute atomic E-state index is 0.0189. The molecule has 5 nitrogen and oxygen atoms in total. The number of hydrogen-bond acceptors (Lipinski definition) is 4. The number of morpholine rings is 1. The molecule has 2 rings (SSSR count). The van der Waals surface area contributed by atoms with Gasteiger partial charge < -0.3 is 9.64 Å². The second-order valence-electron chi connectivity index (χ2n) is 5.25. The van der Waals surface area contributed by atoms with Gasteiger partial charge in [-0.2, -0.15) is 0 Å². The number of benzene rings is 1. The van der Waals surface area contributed by atoms with Gasteiger partial charge in [0.1, 0.15) is 0 Å². The molecule has 0 bridgehead atoms. The topological polar surface area (TPSA) is 63.7 Å². The highest BCUT2D eigenvalue weighted by Crippen LogP contribution is 2.17. The molecule has 0 spiro atoms. The maximum Gasteiger partial charge on any atom is 0.254 e. The summed E-state index contributed by atoms with van der Waals surface area (Å²) in [6.45, 7) is 4.94. The Balaban J connectivity index is 2.21. The summed E-state index contributed by atoms with van der Waals surface area (Å²) in [4.78, 5) is 14.4. The zero-order chi connectivity index (χ0) is 14.9. The summed E-state index contributed by atoms with van der Waals surface area (Å²) in [5.41, 5.74) is 0.498. The van der Waals surface area contributed by atoms with Crippen molar-refractivity contribution in [2.24, 2.45) is 0 Å². The normalized spacial score (nSPS) is 23.6. The quantitative estimate of drug-likeness (QED) is 0.826. The number of rotatable bonds is 2. The Bertz CT molecular complexity index is 594. The molecule has 1 amide bonds. The molecule has 1 aromatic carbocycles. The van der Waals surface area contributed by atoms with Crippen molar-refractivity contribution in [3.05, 3.63) is 29.8 Å². The van der Waals surface area contributed by atoms with Crippen LogP contribution in [0.1, 0.15) is 24.2 Å². The second kappa shape index (κ2) is 5.54. The smallest absolute Gasteiger partial charge is 0.254 e. The summed E-state index contributed by atoms with van der Waals surface area (Å²) in [6.07, 6.45) is 1.17. The Morgan fingerprint density at radius 2 is 1.85 bits per heavy atom. The highest BCUT2D eigenvalue weighted by atomic mass is 32.2. The molecule has 1 heterocycles. The highest BCUT2D eigenvalue weighted by molar-refractivity contribution is 7.90. The van der Waals surface area contributed by atoms with E-state index in [1.807, 2.05) is 13.8 Å². The number of hydrogen-bond donors (Lipinski definition) is 0. The van der Waals surface area contributed by atoms with Crippen LogP contribution in [-0.4, -0.2) is 50.8 Å². The molecular formula is C14H19NO4S. The third kappa shape index (κ3) is 3.19. The van der Waals surface area contributed by atoms with Crippen LogP contribution < -0.4 is 0 Å². The van der Waals surface area contributed by atoms with Gasteiger partial charge in [-0.3, -0.25) is 4.79 Å². The number of carbonyl (C=O) groups is 1. The van der Waals surface area contributed by atoms with Gasteiger partial charge in [-0.15, -0.1) is 0 Å². The summed E-state index contributed by atoms with van der Waals surface area (Å²) >= 11 is 0. The SMILES string of the molecule is C[C@@H]1CN(C(=O)c2ccc(S(C)(=O)=O)cc2)[C@@H](C)CO1. The molecule has 0 radical (unpaired) electrons. The standard InChI is InChI=1S/C14H19NO4S/c1-10-9-19-11(2)8-15(10)14(16)12-4-6-13(7-5-12)20(3,17)18/h4-7,10-11H,8-9H2,1-3H3/t10-,11+/m0/s1. The van der Waals surface area contributed by atoms with E-state index in [2.05, 4.69) is 0 Å². The fourth-order valence-corrected chi connectivity index (χ4v) is 2.83. The van der Waals surface area contributed by atoms with Crippen molar-refractivity contribution in [1.29, 1.82) is 0 Å². The van der Waals surface area contributed by atoms with Gasteiger partial charge in [-0.1, -0.05) is 0 Å². The van der Waals surface area contributed by atoms with E-state index in [0.29, 0.717) is 18.7 Å². The lowest BCUT2D eigenvalue weighted by Gasteiger charge is -2.36. The summed E-state index contributed by atoms with van der Waals surface area (Å²) in [6, 6.07) is 6.08. The van der Waals surface area contributed by atoms with E-state index in [1.54, 1.807) is 17.0 Å². The van der Waals surface area contributed by atoms with E-state index >= 15 is 0 Å². The van der Waals surface area contributed by atoms with Crippen molar-refractivity contribution >= 4 is 15.7 Å². The van der Waals surface area contributed by atoms with Crippen molar-refractivity contribution in [2.75, 3.05) is 19.4 Å². The minimum Gasteiger partial charge on any atom is -0.375 e. The van der Waals surface area contributed by atoms with Crippen LogP contribution in [0.5, 0.6) is 0 Å². The molecule has 0 saturated carbocycles. The molecule has 1 aliphatic heterocycles. The fraction of sp³-hybridized carbons (Fsp3) is 0.500. The zero-order valence-corrected chi connectivity index (χ0v) is 12.7. The van der Waals surface area contributed by atoms with Gasteiger partial charge in [0.05, 0.1) is 23.6 Å². The average Bonchev–Trinajstić information content (AvgIpc) is 2.40. The number of ether oxygens (including phenoxy) is 1. The third-order valence-corrected chi connectivity index (χ3v) is 4.53. The van der Waals surface area contributed by atoms with E-state index in [9.17, 15) is 13.2 Å². The van der Waals surface area contributed by atoms with E-state index in [-0.39, 0.29) is 22.9 Å². The summed E-state index contributed by atoms with van der Waals surface area (Å²) in [5, 5.41) is 0. The molecule has 0 aromatic heterocycles. The first kappa shape index (κ1) is 15.0. The van der Waals surface area contributed by atoms with Crippen molar-refractivity contribution in [1.82, 2.24) is 4.90 Å². The predicted molar refractivity (Wildman–Crippen MR) is 75.5 cm³/mol. The van der Waals surface area contributed by atoms with Crippen LogP contribution in [0.3, 0.4) is 0 Å². The maximum absolute atomic E-state index is 12.4. The second-order valence-corrected chi connectivity index (χ2v) is 7.26. The van der Waals surface area contributed by atoms with E-state index < -0.39 is 9.84 Å². The van der Waals surface area contributed by atoms with Crippen LogP contribution in [0.25, 0.3) is 0 Å². The van der Waals surface area contributed by atoms with Gasteiger partial charge in [-0.05, 0) is 38.1 Å². The van der Waals surface area contributed by atoms with Crippen LogP contribution in [0.15, 0.2) is 29.2 Å². The van der Waals surface area contributed by atoms with E-state index in [4.69, 9.17) is 4.74 Å². The first-order valence-corrected chi connectivity index (χ1v) is 8.41. The van der Waals surface area contributed by atoms with E-state index in [1.165, 1.54) is 12.1 Å². The van der Waals surface area contributed by atoms with Crippen molar-refractivity contribution < 1.29 is 17.9 Å². The predicted octanol–water partition coefficient (Wildman–Crippen LogP) is 1.34. The van der Waals surface area contributed by atoms with Gasteiger partial charge in [-0.25, -0.2) is 8.42 Å². The van der Waals surface area contributed by atoms with Gasteiger partial charge in [0.25, 0.3) is 5.91 Å². The van der Waals surface area contributed by atoms with E-state index in [0.717, 1.165) is 6.26 Å². The molecule has 0 N–H and O–H groups in total. The summed E-state index contributed by atoms with van der Waals surface area (Å²) in [5.74, 6) is -0.0901. The van der Waals surface area contributed by atoms with Gasteiger partial charge in [0, 0.05) is 18.4 Å². The largest absolute Gasteiger partial charge is 0.375 e. The molecule has 110 valence electrons. The lowest BCUT2D eigenvalue weighted by atomic mass is 10.1. The van der Waals surface area contributed by atoms with Gasteiger partial charge in [0.15, 0.2) is 9.84 Å². The summed E-state index contributed by atoms with van der Waals surface area (Å²) in [7, 11) is -3.23. The third-order valence-electron chi connectivity index (χ3n) is 3.40. The Kier molecular flexibility index (Phi) is 4.15. The molecule has 0 unspecified atom stereocenters. The Hall–Kier alpha value is -1.40. The number of sulfone groups is 1. The molecular weight excluding hydrogens is 278 g/mol. The van der Waals surface area contributed by atoms with Crippen LogP contribution in [0.2, 0.25) is 0 Å². The lowest BCUT2D eigenvalue weighted by Crippen LogP contribution is -2.50. The Morgan fingerprint density at radius 1 is 1.25 bits per heavy atom. The zero-order valence-electron chi connectivity index (χ0n) is 11.9. The van der Waals surface area contributed by atoms with Crippen LogP contribution in [0.4, 0.5) is 0 Å². The molecule has 2 atom stereocenters. The highest BCUT2D eigenvalue weighted by Gasteiger charge is 2.28. The monoisotopic (exact) mass is 297 g/mol. The molecule has 1 aliphatic rings. The fourth-order valence-electron chi connectivity index (χ4n) is 2.20. The Morgan fingerprint density at radius 3 is 2.40 bits per heavy atom. The van der Waals surface area contributed by atoms with Crippen LogP contribution in [0, 0.1) is 0 Å². The van der Waals surface area contributed by atoms with Crippen LogP contribution in [-0.2, 0) is 14.6 Å². The molecule has 20 heavy (non-hydrogen) atoms. The van der Waals surface area contributed by atoms with Crippen LogP contribution >= 0.6 is 0 Å². The molecule has 1 fully saturated rings. The number of carbonyl (C=O) groups excluding carboxylic acids is 1. The first-order valence-electron chi connectivity index (χ1n) is 6.51. The Labute approximate surface area is 119 Å². The van der Waals surface area contributed by atoms with Crippen molar-refractivity contribution in [2.45, 2.75) is 30.9 Å². The molecule has 0 aliphatic carbocycles. The van der Waals surface area contributed by atoms with Crippen molar-refractivity contribution in [3.63, 3.8) is 0 Å². The number of nitrogens with zero attached hydrogens (tertiary/aromatic N) is 1. The number of amides is 1. The minimum atomic E-state index is -3.23. The average molecular weight is 297 g/mol. The first-order chi connectivity index (χ1) is 9.29. The molecule has 1 saturated heterocycles. The van der Waals surface area contributed by atoms with Gasteiger partial charge >= 0.3 is 0 Å². The molecule has 6 heteroatoms. The van der Waals surface area contributed by atoms with Crippen molar-refractivity contribution in [3.8, 4) is 0 Å². The maximum atomic E-state index is 12.4. The van der Waals surface area contributed by atoms with Gasteiger partial charge in [0.2, 0.25) is 0 Å². The summed E-state index contributed by atoms with van der Waals surface area (Å²) < 4.78 is 28.3. The molecule has 1 aromatic rings.